The summed E-state index contributed by atoms with van der Waals surface area (Å²) in [5.41, 5.74) is 1.21. The molecule has 3 nitrogen and oxygen atoms in total. The molecule has 0 amide bonds. The minimum Gasteiger partial charge on any atom is -0.464 e. The van der Waals surface area contributed by atoms with Gasteiger partial charge in [-0.25, -0.2) is 0 Å². The highest BCUT2D eigenvalue weighted by Crippen LogP contribution is 2.37. The van der Waals surface area contributed by atoms with Gasteiger partial charge >= 0.3 is 5.97 Å². The summed E-state index contributed by atoms with van der Waals surface area (Å²) in [5.74, 6) is -0.223. The maximum absolute atomic E-state index is 10.7. The van der Waals surface area contributed by atoms with E-state index in [9.17, 15) is 4.79 Å². The standard InChI is InChI=1S/C12H15NO2/c1-9(14)15-8-11-12(2,13-11)10-6-4-3-5-7-10/h3-7,11,13H,8H2,1-2H3/t11-,12+/m1/s1. The quantitative estimate of drug-likeness (QED) is 0.600. The van der Waals surface area contributed by atoms with Crippen LogP contribution in [0.2, 0.25) is 0 Å². The summed E-state index contributed by atoms with van der Waals surface area (Å²) in [6, 6.07) is 10.4. The van der Waals surface area contributed by atoms with E-state index in [-0.39, 0.29) is 17.6 Å². The number of carbonyl (C=O) groups excluding carboxylic acids is 1. The maximum atomic E-state index is 10.7. The first-order valence-corrected chi connectivity index (χ1v) is 5.09. The van der Waals surface area contributed by atoms with E-state index in [0.29, 0.717) is 6.61 Å². The van der Waals surface area contributed by atoms with Crippen molar-refractivity contribution >= 4 is 5.97 Å². The molecule has 1 heterocycles. The molecule has 80 valence electrons. The molecular weight excluding hydrogens is 190 g/mol. The summed E-state index contributed by atoms with van der Waals surface area (Å²) in [6.45, 7) is 4.00. The van der Waals surface area contributed by atoms with Gasteiger partial charge in [-0.1, -0.05) is 30.3 Å². The molecule has 0 radical (unpaired) electrons. The highest BCUT2D eigenvalue weighted by atomic mass is 16.5. The van der Waals surface area contributed by atoms with E-state index in [1.807, 2.05) is 18.2 Å². The second-order valence-corrected chi connectivity index (χ2v) is 4.07. The Kier molecular flexibility index (Phi) is 2.49. The molecule has 1 aromatic rings. The van der Waals surface area contributed by atoms with Crippen LogP contribution >= 0.6 is 0 Å². The van der Waals surface area contributed by atoms with Gasteiger partial charge in [0, 0.05) is 6.92 Å². The number of rotatable bonds is 3. The Hall–Kier alpha value is -1.35. The fraction of sp³-hybridized carbons (Fsp3) is 0.417. The molecule has 1 fully saturated rings. The van der Waals surface area contributed by atoms with Crippen LogP contribution in [0.3, 0.4) is 0 Å². The zero-order valence-corrected chi connectivity index (χ0v) is 8.99. The SMILES string of the molecule is CC(=O)OC[C@H]1N[C@@]1(C)c1ccccc1. The maximum Gasteiger partial charge on any atom is 0.302 e. The lowest BCUT2D eigenvalue weighted by Gasteiger charge is -2.08. The van der Waals surface area contributed by atoms with E-state index in [1.165, 1.54) is 12.5 Å². The van der Waals surface area contributed by atoms with Crippen molar-refractivity contribution in [2.24, 2.45) is 0 Å². The number of hydrogen-bond acceptors (Lipinski definition) is 3. The third-order valence-electron chi connectivity index (χ3n) is 2.91. The van der Waals surface area contributed by atoms with E-state index in [2.05, 4.69) is 24.4 Å². The monoisotopic (exact) mass is 205 g/mol. The van der Waals surface area contributed by atoms with Gasteiger partial charge in [-0.3, -0.25) is 10.1 Å². The molecule has 1 saturated heterocycles. The fourth-order valence-electron chi connectivity index (χ4n) is 1.80. The minimum atomic E-state index is -0.223. The van der Waals surface area contributed by atoms with Crippen molar-refractivity contribution in [3.8, 4) is 0 Å². The fourth-order valence-corrected chi connectivity index (χ4v) is 1.80. The predicted octanol–water partition coefficient (Wildman–Crippen LogP) is 1.44. The summed E-state index contributed by atoms with van der Waals surface area (Å²) >= 11 is 0. The van der Waals surface area contributed by atoms with Crippen molar-refractivity contribution in [2.75, 3.05) is 6.61 Å². The van der Waals surface area contributed by atoms with Crippen molar-refractivity contribution in [2.45, 2.75) is 25.4 Å². The number of carbonyl (C=O) groups is 1. The lowest BCUT2D eigenvalue weighted by molar-refractivity contribution is -0.140. The van der Waals surface area contributed by atoms with Gasteiger partial charge in [-0.05, 0) is 12.5 Å². The van der Waals surface area contributed by atoms with Crippen LogP contribution in [0.25, 0.3) is 0 Å². The molecule has 2 atom stereocenters. The Morgan fingerprint density at radius 1 is 1.47 bits per heavy atom. The number of hydrogen-bond donors (Lipinski definition) is 1. The van der Waals surface area contributed by atoms with E-state index >= 15 is 0 Å². The van der Waals surface area contributed by atoms with Gasteiger partial charge in [0.1, 0.15) is 6.61 Å². The first kappa shape index (κ1) is 10.2. The normalized spacial score (nSPS) is 28.5. The van der Waals surface area contributed by atoms with Gasteiger partial charge in [0.05, 0.1) is 11.6 Å². The van der Waals surface area contributed by atoms with E-state index in [4.69, 9.17) is 4.74 Å². The molecule has 0 aliphatic carbocycles. The summed E-state index contributed by atoms with van der Waals surface area (Å²) in [4.78, 5) is 10.7. The van der Waals surface area contributed by atoms with Crippen LogP contribution in [0, 0.1) is 0 Å². The molecule has 0 saturated carbocycles. The van der Waals surface area contributed by atoms with Crippen LogP contribution in [0.5, 0.6) is 0 Å². The second kappa shape index (κ2) is 3.66. The van der Waals surface area contributed by atoms with Gasteiger partial charge in [-0.2, -0.15) is 0 Å². The second-order valence-electron chi connectivity index (χ2n) is 4.07. The average molecular weight is 205 g/mol. The number of esters is 1. The summed E-state index contributed by atoms with van der Waals surface area (Å²) < 4.78 is 4.98. The van der Waals surface area contributed by atoms with Crippen molar-refractivity contribution in [1.82, 2.24) is 5.32 Å². The number of ether oxygens (including phenoxy) is 1. The van der Waals surface area contributed by atoms with Gasteiger partial charge in [0.15, 0.2) is 0 Å². The van der Waals surface area contributed by atoms with Gasteiger partial charge < -0.3 is 4.74 Å². The van der Waals surface area contributed by atoms with Crippen LogP contribution in [0.15, 0.2) is 30.3 Å². The molecule has 3 heteroatoms. The van der Waals surface area contributed by atoms with Crippen molar-refractivity contribution in [3.05, 3.63) is 35.9 Å². The Bertz CT molecular complexity index is 363. The summed E-state index contributed by atoms with van der Waals surface area (Å²) in [7, 11) is 0. The van der Waals surface area contributed by atoms with Crippen LogP contribution < -0.4 is 5.32 Å². The third kappa shape index (κ3) is 2.02. The largest absolute Gasteiger partial charge is 0.464 e. The van der Waals surface area contributed by atoms with Gasteiger partial charge in [-0.15, -0.1) is 0 Å². The Balaban J connectivity index is 1.98. The third-order valence-corrected chi connectivity index (χ3v) is 2.91. The molecule has 1 aromatic carbocycles. The van der Waals surface area contributed by atoms with Crippen LogP contribution in [0.4, 0.5) is 0 Å². The first-order valence-electron chi connectivity index (χ1n) is 5.09. The average Bonchev–Trinajstić information content (AvgIpc) is 2.90. The molecular formula is C12H15NO2. The zero-order chi connectivity index (χ0) is 10.9. The number of benzene rings is 1. The highest BCUT2D eigenvalue weighted by molar-refractivity contribution is 5.66. The highest BCUT2D eigenvalue weighted by Gasteiger charge is 2.51. The Labute approximate surface area is 89.4 Å². The summed E-state index contributed by atoms with van der Waals surface area (Å²) in [5, 5.41) is 3.34. The summed E-state index contributed by atoms with van der Waals surface area (Å²) in [6.07, 6.45) is 0. The van der Waals surface area contributed by atoms with Gasteiger partial charge in [0.25, 0.3) is 0 Å². The predicted molar refractivity (Wildman–Crippen MR) is 57.4 cm³/mol. The molecule has 0 bridgehead atoms. The Morgan fingerprint density at radius 3 is 2.73 bits per heavy atom. The molecule has 15 heavy (non-hydrogen) atoms. The minimum absolute atomic E-state index is 0.0310. The number of nitrogens with one attached hydrogen (secondary N) is 1. The topological polar surface area (TPSA) is 48.2 Å². The van der Waals surface area contributed by atoms with E-state index in [1.54, 1.807) is 0 Å². The molecule has 0 unspecified atom stereocenters. The lowest BCUT2D eigenvalue weighted by Crippen LogP contribution is -2.14. The molecule has 1 aliphatic heterocycles. The molecule has 0 aromatic heterocycles. The Morgan fingerprint density at radius 2 is 2.13 bits per heavy atom. The van der Waals surface area contributed by atoms with Crippen LogP contribution in [-0.4, -0.2) is 18.6 Å². The molecule has 2 rings (SSSR count). The van der Waals surface area contributed by atoms with Crippen molar-refractivity contribution < 1.29 is 9.53 Å². The van der Waals surface area contributed by atoms with E-state index in [0.717, 1.165) is 0 Å². The van der Waals surface area contributed by atoms with Crippen LogP contribution in [-0.2, 0) is 15.1 Å². The zero-order valence-electron chi connectivity index (χ0n) is 8.99. The smallest absolute Gasteiger partial charge is 0.302 e. The van der Waals surface area contributed by atoms with Crippen molar-refractivity contribution in [3.63, 3.8) is 0 Å². The van der Waals surface area contributed by atoms with Crippen molar-refractivity contribution in [1.29, 1.82) is 0 Å². The first-order chi connectivity index (χ1) is 7.13. The van der Waals surface area contributed by atoms with E-state index < -0.39 is 0 Å². The molecule has 1 aliphatic rings. The van der Waals surface area contributed by atoms with Crippen LogP contribution in [0.1, 0.15) is 19.4 Å². The lowest BCUT2D eigenvalue weighted by atomic mass is 9.97. The molecule has 1 N–H and O–H groups in total. The van der Waals surface area contributed by atoms with Gasteiger partial charge in [0.2, 0.25) is 0 Å². The molecule has 0 spiro atoms.